The molecule has 1 fully saturated rings. The minimum absolute atomic E-state index is 0.113. The van der Waals surface area contributed by atoms with Crippen LogP contribution in [0.5, 0.6) is 0 Å². The van der Waals surface area contributed by atoms with E-state index in [1.807, 2.05) is 0 Å². The number of halogens is 1. The molecule has 2 aromatic rings. The van der Waals surface area contributed by atoms with Gasteiger partial charge < -0.3 is 10.2 Å². The molecule has 2 aliphatic rings. The first-order valence-electron chi connectivity index (χ1n) is 9.86. The number of carbonyl (C=O) groups is 2. The minimum Gasteiger partial charge on any atom is -0.353 e. The van der Waals surface area contributed by atoms with Crippen LogP contribution in [0.4, 0.5) is 17.1 Å². The molecule has 1 aromatic carbocycles. The van der Waals surface area contributed by atoms with Crippen LogP contribution in [0.3, 0.4) is 0 Å². The zero-order chi connectivity index (χ0) is 22.5. The van der Waals surface area contributed by atoms with Crippen molar-refractivity contribution in [2.24, 2.45) is 5.92 Å². The van der Waals surface area contributed by atoms with Gasteiger partial charge in [0, 0.05) is 31.5 Å². The number of anilines is 3. The number of rotatable bonds is 7. The number of hydrogen-bond acceptors (Lipinski definition) is 6. The monoisotopic (exact) mass is 462 g/mol. The Labute approximate surface area is 186 Å². The van der Waals surface area contributed by atoms with Gasteiger partial charge in [-0.25, -0.2) is 8.42 Å². The van der Waals surface area contributed by atoms with Gasteiger partial charge in [0.05, 0.1) is 46.8 Å². The minimum atomic E-state index is -3.54. The molecule has 10 heteroatoms. The van der Waals surface area contributed by atoms with Gasteiger partial charge in [0.2, 0.25) is 10.0 Å². The van der Waals surface area contributed by atoms with Gasteiger partial charge in [-0.15, -0.1) is 0 Å². The van der Waals surface area contributed by atoms with Crippen LogP contribution in [0.2, 0.25) is 5.02 Å². The highest BCUT2D eigenvalue weighted by Gasteiger charge is 2.33. The van der Waals surface area contributed by atoms with E-state index in [1.165, 1.54) is 13.1 Å². The van der Waals surface area contributed by atoms with E-state index in [9.17, 15) is 18.0 Å². The Morgan fingerprint density at radius 2 is 2.00 bits per heavy atom. The van der Waals surface area contributed by atoms with Gasteiger partial charge in [-0.1, -0.05) is 11.6 Å². The summed E-state index contributed by atoms with van der Waals surface area (Å²) in [4.78, 5) is 31.2. The molecule has 0 bridgehead atoms. The van der Waals surface area contributed by atoms with Crippen LogP contribution in [0.25, 0.3) is 0 Å². The van der Waals surface area contributed by atoms with Crippen molar-refractivity contribution in [1.82, 2.24) is 9.88 Å². The number of pyridine rings is 1. The summed E-state index contributed by atoms with van der Waals surface area (Å²) >= 11 is 6.11. The Bertz CT molecular complexity index is 1190. The molecule has 1 saturated carbocycles. The normalized spacial score (nSPS) is 15.7. The molecule has 1 aliphatic carbocycles. The molecule has 1 aromatic heterocycles. The number of sulfonamides is 1. The summed E-state index contributed by atoms with van der Waals surface area (Å²) in [6.07, 6.45) is 3.15. The summed E-state index contributed by atoms with van der Waals surface area (Å²) in [7, 11) is -0.422. The third-order valence-corrected chi connectivity index (χ3v) is 6.98. The van der Waals surface area contributed by atoms with Gasteiger partial charge in [-0.2, -0.15) is 0 Å². The summed E-state index contributed by atoms with van der Waals surface area (Å²) in [5.74, 6) is 0.0826. The molecule has 31 heavy (non-hydrogen) atoms. The smallest absolute Gasteiger partial charge is 0.257 e. The third kappa shape index (κ3) is 4.38. The highest BCUT2D eigenvalue weighted by atomic mass is 35.5. The summed E-state index contributed by atoms with van der Waals surface area (Å²) in [5.41, 5.74) is 2.91. The number of nitrogens with zero attached hydrogens (tertiary/aromatic N) is 3. The molecular weight excluding hydrogens is 440 g/mol. The fourth-order valence-corrected chi connectivity index (χ4v) is 4.28. The van der Waals surface area contributed by atoms with E-state index in [0.29, 0.717) is 45.6 Å². The Hall–Kier alpha value is -2.65. The number of nitrogens with one attached hydrogen (secondary N) is 1. The quantitative estimate of drug-likeness (QED) is 0.679. The third-order valence-electron chi connectivity index (χ3n) is 5.55. The Kier molecular flexibility index (Phi) is 5.43. The number of amides is 1. The van der Waals surface area contributed by atoms with Crippen LogP contribution in [0, 0.1) is 5.92 Å². The SMILES string of the molecule is CN1Cc2nc(CC(=O)C3CC3)cc(Nc3ccc(Cl)cc3N(C)S(C)(=O)=O)c2C1=O. The van der Waals surface area contributed by atoms with Crippen LogP contribution in [-0.2, 0) is 27.8 Å². The number of hydrogen-bond donors (Lipinski definition) is 1. The van der Waals surface area contributed by atoms with Crippen molar-refractivity contribution in [3.63, 3.8) is 0 Å². The maximum atomic E-state index is 12.7. The average molecular weight is 463 g/mol. The lowest BCUT2D eigenvalue weighted by atomic mass is 10.1. The molecule has 0 atom stereocenters. The lowest BCUT2D eigenvalue weighted by Crippen LogP contribution is -2.25. The lowest BCUT2D eigenvalue weighted by molar-refractivity contribution is -0.119. The molecule has 0 unspecified atom stereocenters. The highest BCUT2D eigenvalue weighted by Crippen LogP contribution is 2.37. The Morgan fingerprint density at radius 3 is 2.65 bits per heavy atom. The summed E-state index contributed by atoms with van der Waals surface area (Å²) in [6.45, 7) is 0.352. The zero-order valence-corrected chi connectivity index (χ0v) is 19.0. The fourth-order valence-electron chi connectivity index (χ4n) is 3.61. The van der Waals surface area contributed by atoms with E-state index in [0.717, 1.165) is 23.4 Å². The Morgan fingerprint density at radius 1 is 1.29 bits per heavy atom. The molecule has 8 nitrogen and oxygen atoms in total. The van der Waals surface area contributed by atoms with Crippen LogP contribution in [0.1, 0.15) is 34.6 Å². The van der Waals surface area contributed by atoms with Gasteiger partial charge in [0.25, 0.3) is 5.91 Å². The first-order valence-corrected chi connectivity index (χ1v) is 12.1. The first-order chi connectivity index (χ1) is 14.5. The van der Waals surface area contributed by atoms with Gasteiger partial charge >= 0.3 is 0 Å². The molecule has 1 aliphatic heterocycles. The van der Waals surface area contributed by atoms with Crippen LogP contribution in [-0.4, -0.2) is 50.3 Å². The van der Waals surface area contributed by atoms with Gasteiger partial charge in [0.1, 0.15) is 5.78 Å². The number of Topliss-reactive ketones (excluding diaryl/α,β-unsaturated/α-hetero) is 1. The first kappa shape index (κ1) is 21.6. The van der Waals surface area contributed by atoms with Crippen LogP contribution in [0.15, 0.2) is 24.3 Å². The predicted molar refractivity (Wildman–Crippen MR) is 119 cm³/mol. The topological polar surface area (TPSA) is 99.7 Å². The number of carbonyl (C=O) groups excluding carboxylic acids is 2. The second-order valence-electron chi connectivity index (χ2n) is 8.08. The molecule has 0 saturated heterocycles. The number of benzene rings is 1. The molecule has 4 rings (SSSR count). The fraction of sp³-hybridized carbons (Fsp3) is 0.381. The van der Waals surface area contributed by atoms with Crippen molar-refractivity contribution >= 4 is 50.4 Å². The highest BCUT2D eigenvalue weighted by molar-refractivity contribution is 7.92. The van der Waals surface area contributed by atoms with Crippen molar-refractivity contribution in [2.75, 3.05) is 30.0 Å². The van der Waals surface area contributed by atoms with Gasteiger partial charge in [-0.3, -0.25) is 18.9 Å². The van der Waals surface area contributed by atoms with Crippen molar-refractivity contribution in [2.45, 2.75) is 25.8 Å². The predicted octanol–water partition coefficient (Wildman–Crippen LogP) is 2.98. The summed E-state index contributed by atoms with van der Waals surface area (Å²) in [5, 5.41) is 3.58. The molecule has 0 spiro atoms. The van der Waals surface area contributed by atoms with E-state index in [-0.39, 0.29) is 24.0 Å². The molecule has 164 valence electrons. The van der Waals surface area contributed by atoms with E-state index in [2.05, 4.69) is 10.3 Å². The van der Waals surface area contributed by atoms with E-state index in [4.69, 9.17) is 11.6 Å². The van der Waals surface area contributed by atoms with Gasteiger partial charge in [0.15, 0.2) is 0 Å². The lowest BCUT2D eigenvalue weighted by Gasteiger charge is -2.22. The van der Waals surface area contributed by atoms with Gasteiger partial charge in [-0.05, 0) is 37.1 Å². The molecule has 1 amide bonds. The number of fused-ring (bicyclic) bond motifs is 1. The van der Waals surface area contributed by atoms with Crippen LogP contribution < -0.4 is 9.62 Å². The second kappa shape index (κ2) is 7.80. The summed E-state index contributed by atoms with van der Waals surface area (Å²) < 4.78 is 25.4. The maximum Gasteiger partial charge on any atom is 0.257 e. The molecule has 0 radical (unpaired) electrons. The van der Waals surface area contributed by atoms with Crippen molar-refractivity contribution in [1.29, 1.82) is 0 Å². The maximum absolute atomic E-state index is 12.7. The van der Waals surface area contributed by atoms with E-state index < -0.39 is 10.0 Å². The van der Waals surface area contributed by atoms with E-state index >= 15 is 0 Å². The number of ketones is 1. The largest absolute Gasteiger partial charge is 0.353 e. The van der Waals surface area contributed by atoms with Crippen molar-refractivity contribution in [3.8, 4) is 0 Å². The Balaban J connectivity index is 1.77. The zero-order valence-electron chi connectivity index (χ0n) is 17.5. The average Bonchev–Trinajstić information content (AvgIpc) is 3.49. The molecule has 1 N–H and O–H groups in total. The van der Waals surface area contributed by atoms with E-state index in [1.54, 1.807) is 30.1 Å². The second-order valence-corrected chi connectivity index (χ2v) is 10.5. The van der Waals surface area contributed by atoms with Crippen LogP contribution >= 0.6 is 11.6 Å². The standard InChI is InChI=1S/C21H23ClN4O4S/c1-25-11-17-20(21(25)28)16(9-14(23-17)10-19(27)12-4-5-12)24-15-7-6-13(22)8-18(15)26(2)31(3,29)30/h6-9,12H,4-5,10-11H2,1-3H3,(H,23,24). The molecular formula is C21H23ClN4O4S. The molecule has 2 heterocycles. The van der Waals surface area contributed by atoms with Crippen molar-refractivity contribution in [3.05, 3.63) is 46.2 Å². The summed E-state index contributed by atoms with van der Waals surface area (Å²) in [6, 6.07) is 6.54. The number of aromatic nitrogens is 1. The van der Waals surface area contributed by atoms with Crippen molar-refractivity contribution < 1.29 is 18.0 Å².